The lowest BCUT2D eigenvalue weighted by Crippen LogP contribution is -2.30. The summed E-state index contributed by atoms with van der Waals surface area (Å²) >= 11 is 9.45. The highest BCUT2D eigenvalue weighted by Crippen LogP contribution is 2.34. The van der Waals surface area contributed by atoms with Gasteiger partial charge < -0.3 is 0 Å². The zero-order valence-corrected chi connectivity index (χ0v) is 17.9. The number of amides is 1. The quantitative estimate of drug-likeness (QED) is 0.328. The second kappa shape index (κ2) is 9.39. The van der Waals surface area contributed by atoms with E-state index in [0.717, 1.165) is 20.7 Å². The van der Waals surface area contributed by atoms with E-state index in [4.69, 9.17) is 11.6 Å². The van der Waals surface area contributed by atoms with E-state index in [0.29, 0.717) is 28.9 Å². The van der Waals surface area contributed by atoms with Crippen LogP contribution in [-0.4, -0.2) is 21.6 Å². The minimum absolute atomic E-state index is 0.0347. The minimum Gasteiger partial charge on any atom is -0.284 e. The van der Waals surface area contributed by atoms with Crippen LogP contribution in [0.4, 0.5) is 5.13 Å². The van der Waals surface area contributed by atoms with Gasteiger partial charge in [-0.2, -0.15) is 0 Å². The van der Waals surface area contributed by atoms with Crippen LogP contribution in [0.5, 0.6) is 0 Å². The Morgan fingerprint density at radius 2 is 1.93 bits per heavy atom. The molecule has 2 aromatic heterocycles. The highest BCUT2D eigenvalue weighted by molar-refractivity contribution is 7.99. The monoisotopic (exact) mass is 439 g/mol. The predicted octanol–water partition coefficient (Wildman–Crippen LogP) is 6.06. The lowest BCUT2D eigenvalue weighted by molar-refractivity contribution is -0.118. The molecule has 29 heavy (non-hydrogen) atoms. The number of aromatic nitrogens is 2. The maximum atomic E-state index is 13.1. The summed E-state index contributed by atoms with van der Waals surface area (Å²) in [5.74, 6) is 0.741. The van der Waals surface area contributed by atoms with Gasteiger partial charge in [0.15, 0.2) is 5.13 Å². The van der Waals surface area contributed by atoms with Crippen molar-refractivity contribution in [2.75, 3.05) is 10.7 Å². The molecule has 7 heteroatoms. The second-order valence-corrected chi connectivity index (χ2v) is 8.92. The van der Waals surface area contributed by atoms with Crippen LogP contribution in [0.2, 0.25) is 5.02 Å². The number of carbonyl (C=O) groups is 1. The molecule has 4 nitrogen and oxygen atoms in total. The van der Waals surface area contributed by atoms with Crippen LogP contribution in [-0.2, 0) is 11.3 Å². The zero-order chi connectivity index (χ0) is 20.1. The van der Waals surface area contributed by atoms with E-state index in [1.54, 1.807) is 29.1 Å². The van der Waals surface area contributed by atoms with Crippen molar-refractivity contribution in [3.63, 3.8) is 0 Å². The van der Waals surface area contributed by atoms with Crippen molar-refractivity contribution in [3.8, 4) is 0 Å². The number of anilines is 1. The maximum Gasteiger partial charge on any atom is 0.229 e. The second-order valence-electron chi connectivity index (χ2n) is 6.34. The molecule has 0 saturated carbocycles. The molecule has 0 unspecified atom stereocenters. The third-order valence-corrected chi connectivity index (χ3v) is 6.64. The molecule has 0 N–H and O–H groups in total. The van der Waals surface area contributed by atoms with Crippen LogP contribution in [0.1, 0.15) is 12.0 Å². The van der Waals surface area contributed by atoms with Crippen LogP contribution in [0.3, 0.4) is 0 Å². The van der Waals surface area contributed by atoms with Gasteiger partial charge >= 0.3 is 0 Å². The summed E-state index contributed by atoms with van der Waals surface area (Å²) in [6, 6.07) is 19.6. The van der Waals surface area contributed by atoms with E-state index in [1.807, 2.05) is 48.5 Å². The van der Waals surface area contributed by atoms with E-state index < -0.39 is 0 Å². The van der Waals surface area contributed by atoms with Crippen LogP contribution in [0.25, 0.3) is 10.2 Å². The number of nitrogens with zero attached hydrogens (tertiary/aromatic N) is 3. The number of pyridine rings is 1. The van der Waals surface area contributed by atoms with E-state index >= 15 is 0 Å². The predicted molar refractivity (Wildman–Crippen MR) is 122 cm³/mol. The van der Waals surface area contributed by atoms with Crippen molar-refractivity contribution >= 4 is 56.0 Å². The Morgan fingerprint density at radius 3 is 2.69 bits per heavy atom. The molecule has 0 aliphatic heterocycles. The van der Waals surface area contributed by atoms with E-state index in [-0.39, 0.29) is 5.91 Å². The summed E-state index contributed by atoms with van der Waals surface area (Å²) in [7, 11) is 0. The fraction of sp³-hybridized carbons (Fsp3) is 0.136. The Hall–Kier alpha value is -2.41. The molecule has 0 aliphatic rings. The number of carbonyl (C=O) groups excluding carboxylic acids is 1. The van der Waals surface area contributed by atoms with Crippen molar-refractivity contribution < 1.29 is 4.79 Å². The zero-order valence-electron chi connectivity index (χ0n) is 15.5. The van der Waals surface area contributed by atoms with Gasteiger partial charge in [0.05, 0.1) is 16.3 Å². The summed E-state index contributed by atoms with van der Waals surface area (Å²) in [5.41, 5.74) is 1.69. The van der Waals surface area contributed by atoms with E-state index in [9.17, 15) is 4.79 Å². The van der Waals surface area contributed by atoms with E-state index in [1.165, 1.54) is 11.3 Å². The van der Waals surface area contributed by atoms with Gasteiger partial charge in [-0.3, -0.25) is 14.7 Å². The normalized spacial score (nSPS) is 10.9. The SMILES string of the molecule is O=C(CCSc1ccccc1)N(Cc1cccnc1)c1nc2c(Cl)cccc2s1. The molecule has 0 aliphatic carbocycles. The summed E-state index contributed by atoms with van der Waals surface area (Å²) in [4.78, 5) is 24.9. The smallest absolute Gasteiger partial charge is 0.229 e. The van der Waals surface area contributed by atoms with Gasteiger partial charge in [0.2, 0.25) is 5.91 Å². The molecule has 4 aromatic rings. The Balaban J connectivity index is 1.55. The highest BCUT2D eigenvalue weighted by atomic mass is 35.5. The first kappa shape index (κ1) is 19.9. The molecule has 146 valence electrons. The molecule has 0 atom stereocenters. The van der Waals surface area contributed by atoms with Gasteiger partial charge in [-0.1, -0.05) is 53.3 Å². The first-order valence-electron chi connectivity index (χ1n) is 9.13. The van der Waals surface area contributed by atoms with Crippen LogP contribution < -0.4 is 4.90 Å². The van der Waals surface area contributed by atoms with Gasteiger partial charge in [0.25, 0.3) is 0 Å². The van der Waals surface area contributed by atoms with Crippen molar-refractivity contribution in [2.45, 2.75) is 17.9 Å². The molecule has 1 amide bonds. The van der Waals surface area contributed by atoms with Gasteiger partial charge in [0.1, 0.15) is 5.52 Å². The lowest BCUT2D eigenvalue weighted by Gasteiger charge is -2.20. The van der Waals surface area contributed by atoms with Crippen LogP contribution in [0.15, 0.2) is 78.0 Å². The van der Waals surface area contributed by atoms with Gasteiger partial charge in [-0.05, 0) is 35.9 Å². The number of thiazole rings is 1. The molecular formula is C22H18ClN3OS2. The van der Waals surface area contributed by atoms with Gasteiger partial charge in [-0.25, -0.2) is 4.98 Å². The fourth-order valence-corrected chi connectivity index (χ4v) is 5.01. The summed E-state index contributed by atoms with van der Waals surface area (Å²) in [6.07, 6.45) is 3.92. The number of rotatable bonds is 7. The van der Waals surface area contributed by atoms with Crippen molar-refractivity contribution in [3.05, 3.63) is 83.6 Å². The number of thioether (sulfide) groups is 1. The number of fused-ring (bicyclic) bond motifs is 1. The summed E-state index contributed by atoms with van der Waals surface area (Å²) < 4.78 is 0.968. The van der Waals surface area contributed by atoms with E-state index in [2.05, 4.69) is 22.1 Å². The number of para-hydroxylation sites is 1. The highest BCUT2D eigenvalue weighted by Gasteiger charge is 2.21. The molecular weight excluding hydrogens is 422 g/mol. The molecule has 0 bridgehead atoms. The summed E-state index contributed by atoms with van der Waals surface area (Å²) in [6.45, 7) is 0.431. The number of hydrogen-bond acceptors (Lipinski definition) is 5. The fourth-order valence-electron chi connectivity index (χ4n) is 2.86. The Morgan fingerprint density at radius 1 is 1.07 bits per heavy atom. The van der Waals surface area contributed by atoms with Crippen molar-refractivity contribution in [1.29, 1.82) is 0 Å². The lowest BCUT2D eigenvalue weighted by atomic mass is 10.2. The summed E-state index contributed by atoms with van der Waals surface area (Å²) in [5, 5.41) is 1.25. The molecule has 2 heterocycles. The maximum absolute atomic E-state index is 13.1. The average molecular weight is 440 g/mol. The topological polar surface area (TPSA) is 46.1 Å². The van der Waals surface area contributed by atoms with Crippen molar-refractivity contribution in [1.82, 2.24) is 9.97 Å². The first-order valence-corrected chi connectivity index (χ1v) is 11.3. The molecule has 2 aromatic carbocycles. The van der Waals surface area contributed by atoms with Crippen LogP contribution in [0, 0.1) is 0 Å². The third kappa shape index (κ3) is 4.96. The number of halogens is 1. The average Bonchev–Trinajstić information content (AvgIpc) is 3.19. The van der Waals surface area contributed by atoms with Gasteiger partial charge in [-0.15, -0.1) is 11.8 Å². The van der Waals surface area contributed by atoms with Crippen LogP contribution >= 0.6 is 34.7 Å². The Labute approximate surface area is 182 Å². The minimum atomic E-state index is 0.0347. The first-order chi connectivity index (χ1) is 14.2. The third-order valence-electron chi connectivity index (χ3n) is 4.28. The van der Waals surface area contributed by atoms with Gasteiger partial charge in [0, 0.05) is 29.5 Å². The molecule has 0 fully saturated rings. The molecule has 0 radical (unpaired) electrons. The number of benzene rings is 2. The number of hydrogen-bond donors (Lipinski definition) is 0. The molecule has 0 saturated heterocycles. The van der Waals surface area contributed by atoms with Crippen molar-refractivity contribution in [2.24, 2.45) is 0 Å². The Kier molecular flexibility index (Phi) is 6.44. The largest absolute Gasteiger partial charge is 0.284 e. The Bertz CT molecular complexity index is 1100. The standard InChI is InChI=1S/C22H18ClN3OS2/c23-18-9-4-10-19-21(18)25-22(29-19)26(15-16-6-5-12-24-14-16)20(27)11-13-28-17-7-2-1-3-8-17/h1-10,12,14H,11,13,15H2. The molecule has 4 rings (SSSR count). The molecule has 0 spiro atoms.